The highest BCUT2D eigenvalue weighted by Gasteiger charge is 1.87. The highest BCUT2D eigenvalue weighted by molar-refractivity contribution is 9.79. The van der Waals surface area contributed by atoms with Crippen LogP contribution in [0.25, 0.3) is 0 Å². The molecule has 0 unspecified atom stereocenters. The highest BCUT2D eigenvalue weighted by Crippen LogP contribution is 2.06. The molecule has 2 nitrogen and oxygen atoms in total. The Bertz CT molecular complexity index is 98.9. The predicted octanol–water partition coefficient (Wildman–Crippen LogP) is 1.88. The molecule has 0 amide bonds. The minimum Gasteiger partial charge on any atom is -0.205 e. The summed E-state index contributed by atoms with van der Waals surface area (Å²) in [6.07, 6.45) is 1.47. The first-order valence-corrected chi connectivity index (χ1v) is 6.94. The first-order chi connectivity index (χ1) is 3.00. The minimum absolute atomic E-state index is 1.47. The number of hydrogen-bond acceptors (Lipinski definition) is 2. The molecule has 0 aromatic heterocycles. The van der Waals surface area contributed by atoms with Gasteiger partial charge in [0.25, 0.3) is 6.70 Å². The van der Waals surface area contributed by atoms with E-state index < -0.39 is 6.70 Å². The number of halogens is 3. The molecule has 0 fully saturated rings. The summed E-state index contributed by atoms with van der Waals surface area (Å²) in [5.41, 5.74) is 0. The van der Waals surface area contributed by atoms with Gasteiger partial charge in [-0.15, -0.1) is 11.6 Å². The monoisotopic (exact) mass is 272 g/mol. The highest BCUT2D eigenvalue weighted by atomic mass is 79.9. The van der Waals surface area contributed by atoms with Crippen molar-refractivity contribution in [2.45, 2.75) is 0 Å². The van der Waals surface area contributed by atoms with Crippen LogP contribution in [0.1, 0.15) is 0 Å². The summed E-state index contributed by atoms with van der Waals surface area (Å²) in [6.45, 7) is -3.04. The van der Waals surface area contributed by atoms with E-state index in [1.165, 1.54) is 6.38 Å². The van der Waals surface area contributed by atoms with Crippen LogP contribution in [0.15, 0.2) is 0 Å². The molecule has 0 saturated carbocycles. The van der Waals surface area contributed by atoms with Crippen LogP contribution in [0, 0.1) is 0 Å². The number of rotatable bonds is 0. The Balaban J connectivity index is 0. The second-order valence-corrected chi connectivity index (χ2v) is 8.86. The van der Waals surface area contributed by atoms with Gasteiger partial charge in [0.1, 0.15) is 0 Å². The van der Waals surface area contributed by atoms with Crippen molar-refractivity contribution in [3.05, 3.63) is 0 Å². The molecule has 0 aliphatic heterocycles. The standard InChI is InChI=1S/CH3Cl.Br2O2S/c1-2;1-5(2,3)4/h1H3;. The second-order valence-electron chi connectivity index (χ2n) is 0.378. The molecule has 0 N–H and O–H groups in total. The third kappa shape index (κ3) is 135. The summed E-state index contributed by atoms with van der Waals surface area (Å²) in [6, 6.07) is 0. The van der Waals surface area contributed by atoms with Gasteiger partial charge in [-0.1, -0.05) is 0 Å². The molecule has 7 heavy (non-hydrogen) atoms. The van der Waals surface area contributed by atoms with Crippen LogP contribution < -0.4 is 0 Å². The molecule has 0 atom stereocenters. The zero-order valence-electron chi connectivity index (χ0n) is 3.36. The van der Waals surface area contributed by atoms with Gasteiger partial charge in [-0.2, -0.15) is 0 Å². The summed E-state index contributed by atoms with van der Waals surface area (Å²) >= 11 is 9.17. The van der Waals surface area contributed by atoms with Crippen LogP contribution in [0.5, 0.6) is 0 Å². The van der Waals surface area contributed by atoms with Crippen molar-refractivity contribution in [1.82, 2.24) is 0 Å². The Morgan fingerprint density at radius 2 is 1.29 bits per heavy atom. The van der Waals surface area contributed by atoms with Gasteiger partial charge < -0.3 is 0 Å². The van der Waals surface area contributed by atoms with Gasteiger partial charge >= 0.3 is 0 Å². The Labute approximate surface area is 62.6 Å². The third-order valence-corrected chi connectivity index (χ3v) is 0. The van der Waals surface area contributed by atoms with Crippen LogP contribution in [0.2, 0.25) is 0 Å². The molecule has 0 rings (SSSR count). The Hall–Kier alpha value is 1.20. The van der Waals surface area contributed by atoms with Gasteiger partial charge in [-0.05, 0) is 0 Å². The van der Waals surface area contributed by atoms with E-state index >= 15 is 0 Å². The van der Waals surface area contributed by atoms with Gasteiger partial charge in [-0.25, -0.2) is 8.42 Å². The molecule has 46 valence electrons. The van der Waals surface area contributed by atoms with Crippen LogP contribution in [-0.4, -0.2) is 14.8 Å². The molecular formula is CH3Br2ClO2S. The summed E-state index contributed by atoms with van der Waals surface area (Å²) in [7, 11) is 0. The smallest absolute Gasteiger partial charge is 0.205 e. The second kappa shape index (κ2) is 5.34. The lowest BCUT2D eigenvalue weighted by Crippen LogP contribution is -1.60. The molecule has 0 bridgehead atoms. The molecule has 0 radical (unpaired) electrons. The maximum Gasteiger partial charge on any atom is 0.268 e. The van der Waals surface area contributed by atoms with Gasteiger partial charge in [0, 0.05) is 6.38 Å². The molecular weight excluding hydrogens is 271 g/mol. The van der Waals surface area contributed by atoms with E-state index in [4.69, 9.17) is 0 Å². The lowest BCUT2D eigenvalue weighted by molar-refractivity contribution is 0.625. The van der Waals surface area contributed by atoms with Crippen LogP contribution in [0.4, 0.5) is 0 Å². The van der Waals surface area contributed by atoms with Crippen LogP contribution >= 0.6 is 41.2 Å². The zero-order valence-corrected chi connectivity index (χ0v) is 8.10. The molecule has 0 aliphatic rings. The fourth-order valence-corrected chi connectivity index (χ4v) is 0. The van der Waals surface area contributed by atoms with E-state index in [9.17, 15) is 8.42 Å². The van der Waals surface area contributed by atoms with Crippen molar-refractivity contribution < 1.29 is 8.42 Å². The third-order valence-electron chi connectivity index (χ3n) is 0. The Kier molecular flexibility index (Phi) is 8.43. The molecule has 0 aromatic carbocycles. The van der Waals surface area contributed by atoms with Crippen LogP contribution in [-0.2, 0) is 6.70 Å². The van der Waals surface area contributed by atoms with E-state index in [1.54, 1.807) is 0 Å². The fourth-order valence-electron chi connectivity index (χ4n) is 0. The summed E-state index contributed by atoms with van der Waals surface area (Å²) in [5.74, 6) is 0. The van der Waals surface area contributed by atoms with E-state index in [0.717, 1.165) is 0 Å². The van der Waals surface area contributed by atoms with Crippen molar-refractivity contribution in [1.29, 1.82) is 0 Å². The number of hydrogen-bond donors (Lipinski definition) is 0. The van der Waals surface area contributed by atoms with Gasteiger partial charge in [0.05, 0.1) is 29.6 Å². The SMILES string of the molecule is CCl.O=S(=O)(Br)Br. The van der Waals surface area contributed by atoms with Crippen molar-refractivity contribution >= 4 is 47.9 Å². The van der Waals surface area contributed by atoms with Crippen molar-refractivity contribution in [3.8, 4) is 0 Å². The van der Waals surface area contributed by atoms with E-state index in [1.807, 2.05) is 0 Å². The normalized spacial score (nSPS) is 9.14. The van der Waals surface area contributed by atoms with Crippen LogP contribution in [0.3, 0.4) is 0 Å². The molecule has 0 saturated heterocycles. The molecule has 0 aliphatic carbocycles. The topological polar surface area (TPSA) is 34.1 Å². The van der Waals surface area contributed by atoms with Crippen molar-refractivity contribution in [2.75, 3.05) is 6.38 Å². The van der Waals surface area contributed by atoms with Gasteiger partial charge in [0.2, 0.25) is 0 Å². The maximum atomic E-state index is 9.47. The quantitative estimate of drug-likeness (QED) is 0.499. The summed E-state index contributed by atoms with van der Waals surface area (Å²) < 4.78 is 18.9. The van der Waals surface area contributed by atoms with Crippen molar-refractivity contribution in [2.24, 2.45) is 0 Å². The largest absolute Gasteiger partial charge is 0.268 e. The van der Waals surface area contributed by atoms with E-state index in [-0.39, 0.29) is 0 Å². The number of alkyl halides is 1. The van der Waals surface area contributed by atoms with Gasteiger partial charge in [-0.3, -0.25) is 0 Å². The Morgan fingerprint density at radius 3 is 1.29 bits per heavy atom. The Morgan fingerprint density at radius 1 is 1.29 bits per heavy atom. The molecule has 6 heteroatoms. The average Bonchev–Trinajstić information content (AvgIpc) is 1.36. The van der Waals surface area contributed by atoms with Gasteiger partial charge in [0.15, 0.2) is 0 Å². The van der Waals surface area contributed by atoms with E-state index in [0.29, 0.717) is 0 Å². The predicted molar refractivity (Wildman–Crippen MR) is 38.6 cm³/mol. The summed E-state index contributed by atoms with van der Waals surface area (Å²) in [5, 5.41) is 0. The van der Waals surface area contributed by atoms with Crippen molar-refractivity contribution in [3.63, 3.8) is 0 Å². The zero-order chi connectivity index (χ0) is 6.50. The first-order valence-electron chi connectivity index (χ1n) is 1.02. The minimum atomic E-state index is -3.04. The maximum absolute atomic E-state index is 9.47. The molecule has 0 heterocycles. The molecule has 0 aromatic rings. The summed E-state index contributed by atoms with van der Waals surface area (Å²) in [4.78, 5) is 0. The lowest BCUT2D eigenvalue weighted by Gasteiger charge is -1.62. The average molecular weight is 274 g/mol. The van der Waals surface area contributed by atoms with E-state index in [2.05, 4.69) is 41.2 Å². The fraction of sp³-hybridized carbons (Fsp3) is 1.00. The first kappa shape index (κ1) is 11.1. The molecule has 0 spiro atoms. The lowest BCUT2D eigenvalue weighted by atomic mass is 12.0.